The van der Waals surface area contributed by atoms with E-state index in [1.54, 1.807) is 12.1 Å². The highest BCUT2D eigenvalue weighted by molar-refractivity contribution is 7.99. The Hall–Kier alpha value is -1.48. The molecule has 3 heteroatoms. The van der Waals surface area contributed by atoms with Crippen molar-refractivity contribution in [2.75, 3.05) is 0 Å². The Labute approximate surface area is 115 Å². The van der Waals surface area contributed by atoms with Gasteiger partial charge in [-0.15, -0.1) is 0 Å². The summed E-state index contributed by atoms with van der Waals surface area (Å²) in [5.74, 6) is 4.24. The molecule has 102 valence electrons. The SMILES string of the molecule is C=S(=O)(Cc1cccc(C(C)(C)C)c1)c1ccco1. The van der Waals surface area contributed by atoms with Crippen molar-refractivity contribution in [2.24, 2.45) is 0 Å². The van der Waals surface area contributed by atoms with Crippen molar-refractivity contribution in [3.05, 3.63) is 53.8 Å². The van der Waals surface area contributed by atoms with E-state index in [1.807, 2.05) is 12.1 Å². The van der Waals surface area contributed by atoms with Gasteiger partial charge in [0.25, 0.3) is 0 Å². The molecule has 0 fully saturated rings. The summed E-state index contributed by atoms with van der Waals surface area (Å²) in [6.07, 6.45) is 1.53. The van der Waals surface area contributed by atoms with Gasteiger partial charge in [0.05, 0.1) is 6.26 Å². The molecule has 2 nitrogen and oxygen atoms in total. The van der Waals surface area contributed by atoms with E-state index in [0.29, 0.717) is 10.8 Å². The van der Waals surface area contributed by atoms with E-state index in [1.165, 1.54) is 11.8 Å². The van der Waals surface area contributed by atoms with Crippen molar-refractivity contribution in [2.45, 2.75) is 37.0 Å². The van der Waals surface area contributed by atoms with Crippen molar-refractivity contribution in [3.8, 4) is 0 Å². The highest BCUT2D eigenvalue weighted by Gasteiger charge is 2.16. The number of hydrogen-bond acceptors (Lipinski definition) is 2. The van der Waals surface area contributed by atoms with E-state index in [9.17, 15) is 4.21 Å². The lowest BCUT2D eigenvalue weighted by atomic mass is 9.86. The summed E-state index contributed by atoms with van der Waals surface area (Å²) < 4.78 is 17.8. The van der Waals surface area contributed by atoms with Gasteiger partial charge in [-0.05, 0) is 34.5 Å². The van der Waals surface area contributed by atoms with Crippen LogP contribution in [0.5, 0.6) is 0 Å². The van der Waals surface area contributed by atoms with Crippen molar-refractivity contribution in [3.63, 3.8) is 0 Å². The van der Waals surface area contributed by atoms with Gasteiger partial charge in [-0.1, -0.05) is 45.0 Å². The van der Waals surface area contributed by atoms with E-state index in [2.05, 4.69) is 38.8 Å². The highest BCUT2D eigenvalue weighted by Crippen LogP contribution is 2.24. The largest absolute Gasteiger partial charge is 0.456 e. The third kappa shape index (κ3) is 3.29. The third-order valence-electron chi connectivity index (χ3n) is 3.05. The molecule has 2 rings (SSSR count). The van der Waals surface area contributed by atoms with E-state index < -0.39 is 9.52 Å². The maximum absolute atomic E-state index is 12.6. The minimum Gasteiger partial charge on any atom is -0.456 e. The molecule has 0 N–H and O–H groups in total. The minimum atomic E-state index is -2.40. The molecule has 1 unspecified atom stereocenters. The normalized spacial score (nSPS) is 15.1. The quantitative estimate of drug-likeness (QED) is 0.797. The van der Waals surface area contributed by atoms with E-state index in [4.69, 9.17) is 4.42 Å². The van der Waals surface area contributed by atoms with Gasteiger partial charge in [0.15, 0.2) is 5.09 Å². The minimum absolute atomic E-state index is 0.0861. The Kier molecular flexibility index (Phi) is 3.59. The van der Waals surface area contributed by atoms with E-state index in [0.717, 1.165) is 5.56 Å². The molecule has 0 aliphatic rings. The molecule has 1 aromatic carbocycles. The molecule has 0 saturated heterocycles. The predicted molar refractivity (Wildman–Crippen MR) is 81.1 cm³/mol. The monoisotopic (exact) mass is 276 g/mol. The number of furan rings is 1. The first-order valence-electron chi connectivity index (χ1n) is 6.27. The topological polar surface area (TPSA) is 30.2 Å². The Bertz CT molecular complexity index is 644. The predicted octanol–water partition coefficient (Wildman–Crippen LogP) is 3.85. The molecule has 19 heavy (non-hydrogen) atoms. The van der Waals surface area contributed by atoms with Crippen LogP contribution in [0.15, 0.2) is 52.2 Å². The first-order chi connectivity index (χ1) is 8.79. The summed E-state index contributed by atoms with van der Waals surface area (Å²) in [4.78, 5) is 0. The molecule has 1 heterocycles. The Morgan fingerprint density at radius 2 is 1.95 bits per heavy atom. The molecule has 1 atom stereocenters. The summed E-state index contributed by atoms with van der Waals surface area (Å²) in [6, 6.07) is 11.7. The van der Waals surface area contributed by atoms with Crippen LogP contribution >= 0.6 is 0 Å². The van der Waals surface area contributed by atoms with Crippen molar-refractivity contribution < 1.29 is 8.63 Å². The van der Waals surface area contributed by atoms with E-state index in [-0.39, 0.29) is 5.41 Å². The molecule has 1 aromatic heterocycles. The fourth-order valence-corrected chi connectivity index (χ4v) is 3.36. The van der Waals surface area contributed by atoms with Crippen LogP contribution in [0.2, 0.25) is 0 Å². The Morgan fingerprint density at radius 1 is 1.21 bits per heavy atom. The van der Waals surface area contributed by atoms with Crippen LogP contribution in [0, 0.1) is 0 Å². The third-order valence-corrected chi connectivity index (χ3v) is 4.82. The molecule has 0 spiro atoms. The van der Waals surface area contributed by atoms with Gasteiger partial charge >= 0.3 is 0 Å². The second-order valence-corrected chi connectivity index (χ2v) is 8.15. The maximum atomic E-state index is 12.6. The second-order valence-electron chi connectivity index (χ2n) is 5.84. The molecule has 2 aromatic rings. The zero-order valence-corrected chi connectivity index (χ0v) is 12.5. The first-order valence-corrected chi connectivity index (χ1v) is 8.16. The van der Waals surface area contributed by atoms with Gasteiger partial charge in [0, 0.05) is 15.3 Å². The number of benzene rings is 1. The zero-order valence-electron chi connectivity index (χ0n) is 11.7. The Balaban J connectivity index is 2.30. The van der Waals surface area contributed by atoms with Gasteiger partial charge in [0.2, 0.25) is 0 Å². The second kappa shape index (κ2) is 4.89. The zero-order chi connectivity index (χ0) is 14.1. The van der Waals surface area contributed by atoms with Crippen molar-refractivity contribution in [1.29, 1.82) is 0 Å². The first kappa shape index (κ1) is 13.9. The van der Waals surface area contributed by atoms with Gasteiger partial charge in [-0.3, -0.25) is 4.21 Å². The van der Waals surface area contributed by atoms with Crippen LogP contribution in [0.3, 0.4) is 0 Å². The van der Waals surface area contributed by atoms with Crippen molar-refractivity contribution in [1.82, 2.24) is 0 Å². The lowest BCUT2D eigenvalue weighted by Crippen LogP contribution is -2.12. The molecule has 0 radical (unpaired) electrons. The smallest absolute Gasteiger partial charge is 0.182 e. The Morgan fingerprint density at radius 3 is 2.53 bits per heavy atom. The van der Waals surface area contributed by atoms with Crippen molar-refractivity contribution >= 4 is 15.4 Å². The summed E-state index contributed by atoms with van der Waals surface area (Å²) in [5, 5.41) is 0.466. The van der Waals surface area contributed by atoms with Gasteiger partial charge in [-0.25, -0.2) is 0 Å². The summed E-state index contributed by atoms with van der Waals surface area (Å²) in [7, 11) is -2.40. The standard InChI is InChI=1S/C16H20O2S/c1-16(2,3)14-8-5-7-13(11-14)12-19(4,17)15-9-6-10-18-15/h5-11H,4,12H2,1-3H3. The average molecular weight is 276 g/mol. The molecular formula is C16H20O2S. The van der Waals surface area contributed by atoms with Gasteiger partial charge in [-0.2, -0.15) is 0 Å². The molecule has 0 aliphatic carbocycles. The average Bonchev–Trinajstić information content (AvgIpc) is 2.81. The van der Waals surface area contributed by atoms with Crippen LogP contribution in [0.25, 0.3) is 0 Å². The highest BCUT2D eigenvalue weighted by atomic mass is 32.2. The van der Waals surface area contributed by atoms with Crippen LogP contribution < -0.4 is 0 Å². The summed E-state index contributed by atoms with van der Waals surface area (Å²) in [5.41, 5.74) is 2.35. The van der Waals surface area contributed by atoms with Gasteiger partial charge < -0.3 is 4.42 Å². The van der Waals surface area contributed by atoms with E-state index >= 15 is 0 Å². The fourth-order valence-electron chi connectivity index (χ4n) is 1.94. The summed E-state index contributed by atoms with van der Waals surface area (Å²) in [6.45, 7) is 6.50. The lowest BCUT2D eigenvalue weighted by Gasteiger charge is -2.20. The molecular weight excluding hydrogens is 256 g/mol. The molecule has 0 saturated carbocycles. The fraction of sp³-hybridized carbons (Fsp3) is 0.312. The summed E-state index contributed by atoms with van der Waals surface area (Å²) >= 11 is 0. The molecule has 0 bridgehead atoms. The van der Waals surface area contributed by atoms with Gasteiger partial charge in [0.1, 0.15) is 0 Å². The van der Waals surface area contributed by atoms with Crippen LogP contribution in [0.1, 0.15) is 31.9 Å². The molecule has 0 aliphatic heterocycles. The van der Waals surface area contributed by atoms with Crippen LogP contribution in [-0.4, -0.2) is 10.1 Å². The van der Waals surface area contributed by atoms with Crippen LogP contribution in [0.4, 0.5) is 0 Å². The number of rotatable bonds is 3. The molecule has 0 amide bonds. The van der Waals surface area contributed by atoms with Crippen LogP contribution in [-0.2, 0) is 20.7 Å². The lowest BCUT2D eigenvalue weighted by molar-refractivity contribution is 0.464. The number of hydrogen-bond donors (Lipinski definition) is 0. The maximum Gasteiger partial charge on any atom is 0.182 e.